The highest BCUT2D eigenvalue weighted by Crippen LogP contribution is 2.24. The molecule has 1 N–H and O–H groups in total. The van der Waals surface area contributed by atoms with Crippen LogP contribution >= 0.6 is 0 Å². The fourth-order valence-electron chi connectivity index (χ4n) is 2.69. The molecular formula is C17H27N. The summed E-state index contributed by atoms with van der Waals surface area (Å²) in [7, 11) is 0. The Morgan fingerprint density at radius 2 is 1.94 bits per heavy atom. The molecule has 1 fully saturated rings. The van der Waals surface area contributed by atoms with Crippen molar-refractivity contribution in [3.05, 3.63) is 35.9 Å². The largest absolute Gasteiger partial charge is 0.314 e. The molecule has 0 aromatic heterocycles. The lowest BCUT2D eigenvalue weighted by atomic mass is 9.86. The van der Waals surface area contributed by atoms with Crippen molar-refractivity contribution in [3.8, 4) is 0 Å². The van der Waals surface area contributed by atoms with Gasteiger partial charge in [0.1, 0.15) is 0 Å². The second-order valence-electron chi connectivity index (χ2n) is 5.85. The Labute approximate surface area is 112 Å². The maximum atomic E-state index is 3.67. The lowest BCUT2D eigenvalue weighted by Gasteiger charge is -2.23. The Hall–Kier alpha value is -0.820. The molecule has 0 amide bonds. The molecule has 0 saturated heterocycles. The third-order valence-corrected chi connectivity index (χ3v) is 4.28. The van der Waals surface area contributed by atoms with E-state index in [0.29, 0.717) is 0 Å². The van der Waals surface area contributed by atoms with Crippen molar-refractivity contribution >= 4 is 0 Å². The first-order chi connectivity index (χ1) is 8.79. The summed E-state index contributed by atoms with van der Waals surface area (Å²) in [5, 5.41) is 3.67. The topological polar surface area (TPSA) is 12.0 Å². The first-order valence-corrected chi connectivity index (χ1v) is 7.57. The molecule has 0 spiro atoms. The molecule has 2 rings (SSSR count). The number of aryl methyl sites for hydroxylation is 1. The minimum Gasteiger partial charge on any atom is -0.314 e. The quantitative estimate of drug-likeness (QED) is 0.729. The van der Waals surface area contributed by atoms with Gasteiger partial charge in [-0.3, -0.25) is 0 Å². The molecule has 1 saturated carbocycles. The van der Waals surface area contributed by atoms with Crippen LogP contribution in [0.15, 0.2) is 30.3 Å². The van der Waals surface area contributed by atoms with E-state index in [1.54, 1.807) is 0 Å². The number of hydrogen-bond donors (Lipinski definition) is 1. The Kier molecular flexibility index (Phi) is 5.25. The van der Waals surface area contributed by atoms with Gasteiger partial charge in [-0.05, 0) is 49.6 Å². The molecule has 1 aliphatic carbocycles. The SMILES string of the molecule is CCC(CCc1ccccc1)C(C)CNC1CC1. The number of benzene rings is 1. The summed E-state index contributed by atoms with van der Waals surface area (Å²) in [6, 6.07) is 11.7. The normalized spacial score (nSPS) is 18.6. The fraction of sp³-hybridized carbons (Fsp3) is 0.647. The van der Waals surface area contributed by atoms with Crippen LogP contribution in [0.3, 0.4) is 0 Å². The fourth-order valence-corrected chi connectivity index (χ4v) is 2.69. The minimum atomic E-state index is 0.805. The number of hydrogen-bond acceptors (Lipinski definition) is 1. The number of rotatable bonds is 8. The van der Waals surface area contributed by atoms with Crippen LogP contribution in [0.25, 0.3) is 0 Å². The van der Waals surface area contributed by atoms with E-state index < -0.39 is 0 Å². The molecule has 1 nitrogen and oxygen atoms in total. The molecule has 1 aromatic carbocycles. The van der Waals surface area contributed by atoms with Crippen LogP contribution in [-0.2, 0) is 6.42 Å². The molecule has 1 aliphatic rings. The zero-order chi connectivity index (χ0) is 12.8. The summed E-state index contributed by atoms with van der Waals surface area (Å²) in [4.78, 5) is 0. The van der Waals surface area contributed by atoms with Crippen molar-refractivity contribution in [1.29, 1.82) is 0 Å². The first kappa shape index (κ1) is 13.6. The maximum Gasteiger partial charge on any atom is 0.00683 e. The van der Waals surface area contributed by atoms with Gasteiger partial charge in [-0.2, -0.15) is 0 Å². The van der Waals surface area contributed by atoms with E-state index in [9.17, 15) is 0 Å². The molecule has 0 bridgehead atoms. The van der Waals surface area contributed by atoms with Crippen LogP contribution in [0, 0.1) is 11.8 Å². The van der Waals surface area contributed by atoms with Crippen LogP contribution in [0.2, 0.25) is 0 Å². The second-order valence-corrected chi connectivity index (χ2v) is 5.85. The molecule has 0 heterocycles. The zero-order valence-electron chi connectivity index (χ0n) is 11.9. The van der Waals surface area contributed by atoms with Crippen molar-refractivity contribution in [2.75, 3.05) is 6.54 Å². The van der Waals surface area contributed by atoms with E-state index in [4.69, 9.17) is 0 Å². The van der Waals surface area contributed by atoms with E-state index >= 15 is 0 Å². The molecule has 100 valence electrons. The second kappa shape index (κ2) is 6.94. The molecule has 2 atom stereocenters. The van der Waals surface area contributed by atoms with Crippen molar-refractivity contribution in [2.24, 2.45) is 11.8 Å². The van der Waals surface area contributed by atoms with Gasteiger partial charge < -0.3 is 5.32 Å². The Morgan fingerprint density at radius 1 is 1.22 bits per heavy atom. The van der Waals surface area contributed by atoms with Crippen molar-refractivity contribution in [3.63, 3.8) is 0 Å². The predicted octanol–water partition coefficient (Wildman–Crippen LogP) is 4.03. The molecule has 2 unspecified atom stereocenters. The van der Waals surface area contributed by atoms with Gasteiger partial charge in [-0.1, -0.05) is 50.6 Å². The Bertz CT molecular complexity index is 329. The molecule has 0 radical (unpaired) electrons. The first-order valence-electron chi connectivity index (χ1n) is 7.57. The van der Waals surface area contributed by atoms with Crippen LogP contribution < -0.4 is 5.32 Å². The third kappa shape index (κ3) is 4.45. The summed E-state index contributed by atoms with van der Waals surface area (Å²) in [5.41, 5.74) is 1.48. The summed E-state index contributed by atoms with van der Waals surface area (Å²) >= 11 is 0. The van der Waals surface area contributed by atoms with Gasteiger partial charge in [0.2, 0.25) is 0 Å². The standard InChI is InChI=1S/C17H27N/c1-3-16(14(2)13-18-17-11-12-17)10-9-15-7-5-4-6-8-15/h4-8,14,16-18H,3,9-13H2,1-2H3. The van der Waals surface area contributed by atoms with Crippen molar-refractivity contribution < 1.29 is 0 Å². The van der Waals surface area contributed by atoms with Gasteiger partial charge in [-0.25, -0.2) is 0 Å². The average molecular weight is 245 g/mol. The van der Waals surface area contributed by atoms with Crippen LogP contribution in [0.5, 0.6) is 0 Å². The summed E-state index contributed by atoms with van der Waals surface area (Å²) in [6.45, 7) is 5.95. The monoisotopic (exact) mass is 245 g/mol. The number of nitrogens with one attached hydrogen (secondary N) is 1. The zero-order valence-corrected chi connectivity index (χ0v) is 11.9. The van der Waals surface area contributed by atoms with Crippen LogP contribution in [0.4, 0.5) is 0 Å². The lowest BCUT2D eigenvalue weighted by molar-refractivity contribution is 0.312. The van der Waals surface area contributed by atoms with Gasteiger partial charge >= 0.3 is 0 Å². The smallest absolute Gasteiger partial charge is 0.00683 e. The average Bonchev–Trinajstić information content (AvgIpc) is 3.22. The molecule has 1 aromatic rings. The predicted molar refractivity (Wildman–Crippen MR) is 78.7 cm³/mol. The van der Waals surface area contributed by atoms with Gasteiger partial charge in [0.05, 0.1) is 0 Å². The highest BCUT2D eigenvalue weighted by atomic mass is 14.9. The van der Waals surface area contributed by atoms with E-state index in [1.807, 2.05) is 0 Å². The van der Waals surface area contributed by atoms with Gasteiger partial charge in [0.15, 0.2) is 0 Å². The van der Waals surface area contributed by atoms with Gasteiger partial charge in [0.25, 0.3) is 0 Å². The van der Waals surface area contributed by atoms with Crippen LogP contribution in [0.1, 0.15) is 45.1 Å². The Balaban J connectivity index is 1.73. The maximum absolute atomic E-state index is 3.67. The highest BCUT2D eigenvalue weighted by Gasteiger charge is 2.22. The minimum absolute atomic E-state index is 0.805. The molecule has 0 aliphatic heterocycles. The van der Waals surface area contributed by atoms with Gasteiger partial charge in [-0.15, -0.1) is 0 Å². The lowest BCUT2D eigenvalue weighted by Crippen LogP contribution is -2.28. The highest BCUT2D eigenvalue weighted by molar-refractivity contribution is 5.14. The van der Waals surface area contributed by atoms with E-state index in [-0.39, 0.29) is 0 Å². The summed E-state index contributed by atoms with van der Waals surface area (Å²) in [5.74, 6) is 1.66. The third-order valence-electron chi connectivity index (χ3n) is 4.28. The molecule has 18 heavy (non-hydrogen) atoms. The van der Waals surface area contributed by atoms with Crippen molar-refractivity contribution in [2.45, 2.75) is 52.0 Å². The van der Waals surface area contributed by atoms with E-state index in [1.165, 1.54) is 44.2 Å². The molecular weight excluding hydrogens is 218 g/mol. The van der Waals surface area contributed by atoms with E-state index in [0.717, 1.165) is 17.9 Å². The van der Waals surface area contributed by atoms with Gasteiger partial charge in [0, 0.05) is 6.04 Å². The van der Waals surface area contributed by atoms with Crippen molar-refractivity contribution in [1.82, 2.24) is 5.32 Å². The summed E-state index contributed by atoms with van der Waals surface area (Å²) in [6.07, 6.45) is 6.66. The molecule has 1 heteroatoms. The van der Waals surface area contributed by atoms with Crippen LogP contribution in [-0.4, -0.2) is 12.6 Å². The van der Waals surface area contributed by atoms with E-state index in [2.05, 4.69) is 49.5 Å². The summed E-state index contributed by atoms with van der Waals surface area (Å²) < 4.78 is 0. The Morgan fingerprint density at radius 3 is 2.56 bits per heavy atom.